The minimum absolute atomic E-state index is 0.0707. The maximum atomic E-state index is 12.4. The lowest BCUT2D eigenvalue weighted by Crippen LogP contribution is -2.31. The first kappa shape index (κ1) is 30.4. The molecule has 0 aromatic carbocycles. The Morgan fingerprint density at radius 1 is 0.853 bits per heavy atom. The first-order valence-corrected chi connectivity index (χ1v) is 13.2. The molecule has 0 radical (unpaired) electrons. The van der Waals surface area contributed by atoms with E-state index in [1.807, 2.05) is 0 Å². The van der Waals surface area contributed by atoms with Crippen LogP contribution >= 0.6 is 0 Å². The Balaban J connectivity index is 2.64. The minimum atomic E-state index is -0.494. The summed E-state index contributed by atoms with van der Waals surface area (Å²) in [6.07, 6.45) is 10.2. The molecule has 196 valence electrons. The zero-order valence-electron chi connectivity index (χ0n) is 21.7. The number of hydrogen-bond donors (Lipinski definition) is 2. The van der Waals surface area contributed by atoms with Crippen molar-refractivity contribution in [2.45, 2.75) is 110 Å². The Morgan fingerprint density at radius 2 is 1.32 bits per heavy atom. The van der Waals surface area contributed by atoms with Crippen LogP contribution < -0.4 is 0 Å². The molecule has 2 N–H and O–H groups in total. The number of ether oxygens (including phenoxy) is 2. The predicted molar refractivity (Wildman–Crippen MR) is 135 cm³/mol. The predicted octanol–water partition coefficient (Wildman–Crippen LogP) is 5.51. The van der Waals surface area contributed by atoms with E-state index < -0.39 is 24.1 Å². The third kappa shape index (κ3) is 12.7. The standard InChI is InChI=1S/C28H48O6/c1-6-7-8-9-24-14-16-25(17-15-24)26(18-33-27(31)20(2)10-12-22(4)29)19-34-28(32)21(3)11-13-23(5)30/h22-26,29-30H,2-3,6-19H2,1,4-5H3. The molecule has 0 heterocycles. The van der Waals surface area contributed by atoms with Gasteiger partial charge in [0.05, 0.1) is 25.4 Å². The van der Waals surface area contributed by atoms with Gasteiger partial charge in [-0.25, -0.2) is 9.59 Å². The first-order valence-electron chi connectivity index (χ1n) is 13.2. The molecule has 0 spiro atoms. The molecule has 0 aliphatic heterocycles. The molecule has 34 heavy (non-hydrogen) atoms. The quantitative estimate of drug-likeness (QED) is 0.162. The van der Waals surface area contributed by atoms with Crippen molar-refractivity contribution in [3.05, 3.63) is 24.3 Å². The maximum Gasteiger partial charge on any atom is 0.333 e. The van der Waals surface area contributed by atoms with E-state index in [9.17, 15) is 19.8 Å². The molecule has 1 aliphatic carbocycles. The van der Waals surface area contributed by atoms with E-state index in [0.717, 1.165) is 31.6 Å². The van der Waals surface area contributed by atoms with Gasteiger partial charge in [0.1, 0.15) is 0 Å². The van der Waals surface area contributed by atoms with Crippen LogP contribution in [0.5, 0.6) is 0 Å². The van der Waals surface area contributed by atoms with Gasteiger partial charge in [-0.1, -0.05) is 58.6 Å². The van der Waals surface area contributed by atoms with Crippen molar-refractivity contribution in [1.29, 1.82) is 0 Å². The smallest absolute Gasteiger partial charge is 0.333 e. The second-order valence-electron chi connectivity index (χ2n) is 10.2. The molecule has 0 aromatic rings. The Morgan fingerprint density at radius 3 is 1.74 bits per heavy atom. The Bertz CT molecular complexity index is 591. The van der Waals surface area contributed by atoms with Crippen LogP contribution in [0.3, 0.4) is 0 Å². The largest absolute Gasteiger partial charge is 0.462 e. The summed E-state index contributed by atoms with van der Waals surface area (Å²) in [6.45, 7) is 13.5. The van der Waals surface area contributed by atoms with Crippen LogP contribution in [0.2, 0.25) is 0 Å². The van der Waals surface area contributed by atoms with E-state index in [4.69, 9.17) is 9.47 Å². The summed E-state index contributed by atoms with van der Waals surface area (Å²) in [7, 11) is 0. The molecule has 0 aromatic heterocycles. The Hall–Kier alpha value is -1.66. The molecule has 6 heteroatoms. The van der Waals surface area contributed by atoms with Gasteiger partial charge in [0.25, 0.3) is 0 Å². The van der Waals surface area contributed by atoms with Gasteiger partial charge in [-0.15, -0.1) is 0 Å². The van der Waals surface area contributed by atoms with Crippen LogP contribution in [0, 0.1) is 17.8 Å². The summed E-state index contributed by atoms with van der Waals surface area (Å²) in [6, 6.07) is 0. The molecule has 0 amide bonds. The van der Waals surface area contributed by atoms with Crippen LogP contribution in [-0.2, 0) is 19.1 Å². The zero-order chi connectivity index (χ0) is 25.5. The second-order valence-corrected chi connectivity index (χ2v) is 10.2. The van der Waals surface area contributed by atoms with Crippen LogP contribution in [0.25, 0.3) is 0 Å². The first-order chi connectivity index (χ1) is 16.1. The number of rotatable bonds is 17. The van der Waals surface area contributed by atoms with E-state index in [1.165, 1.54) is 25.7 Å². The van der Waals surface area contributed by atoms with Crippen LogP contribution in [0.4, 0.5) is 0 Å². The summed E-state index contributed by atoms with van der Waals surface area (Å²) in [5.41, 5.74) is 0.700. The zero-order valence-corrected chi connectivity index (χ0v) is 21.7. The highest BCUT2D eigenvalue weighted by Gasteiger charge is 2.30. The van der Waals surface area contributed by atoms with Crippen molar-refractivity contribution in [3.8, 4) is 0 Å². The minimum Gasteiger partial charge on any atom is -0.462 e. The summed E-state index contributed by atoms with van der Waals surface area (Å²) in [5, 5.41) is 18.9. The van der Waals surface area contributed by atoms with E-state index in [-0.39, 0.29) is 19.1 Å². The van der Waals surface area contributed by atoms with E-state index >= 15 is 0 Å². The highest BCUT2D eigenvalue weighted by molar-refractivity contribution is 5.88. The molecule has 1 rings (SSSR count). The number of aliphatic hydroxyl groups excluding tert-OH is 2. The summed E-state index contributed by atoms with van der Waals surface area (Å²) in [5.74, 6) is 0.116. The summed E-state index contributed by atoms with van der Waals surface area (Å²) in [4.78, 5) is 24.8. The molecule has 0 saturated heterocycles. The maximum absolute atomic E-state index is 12.4. The fourth-order valence-electron chi connectivity index (χ4n) is 4.49. The molecule has 0 bridgehead atoms. The van der Waals surface area contributed by atoms with E-state index in [0.29, 0.717) is 42.7 Å². The van der Waals surface area contributed by atoms with Gasteiger partial charge >= 0.3 is 11.9 Å². The SMILES string of the molecule is C=C(CCC(C)O)C(=O)OCC(COC(=O)C(=C)CCC(C)O)C1CCC(CCCCC)CC1. The van der Waals surface area contributed by atoms with Crippen LogP contribution in [-0.4, -0.2) is 47.6 Å². The van der Waals surface area contributed by atoms with Gasteiger partial charge in [0.15, 0.2) is 0 Å². The van der Waals surface area contributed by atoms with E-state index in [2.05, 4.69) is 20.1 Å². The van der Waals surface area contributed by atoms with Gasteiger partial charge in [0.2, 0.25) is 0 Å². The van der Waals surface area contributed by atoms with E-state index in [1.54, 1.807) is 13.8 Å². The number of esters is 2. The summed E-state index contributed by atoms with van der Waals surface area (Å²) < 4.78 is 11.1. The highest BCUT2D eigenvalue weighted by Crippen LogP contribution is 2.36. The molecular formula is C28H48O6. The van der Waals surface area contributed by atoms with Crippen molar-refractivity contribution in [3.63, 3.8) is 0 Å². The second kappa shape index (κ2) is 16.9. The van der Waals surface area contributed by atoms with Crippen molar-refractivity contribution in [2.24, 2.45) is 17.8 Å². The average molecular weight is 481 g/mol. The Kier molecular flexibility index (Phi) is 15.1. The third-order valence-electron chi connectivity index (χ3n) is 6.94. The fraction of sp³-hybridized carbons (Fsp3) is 0.786. The molecular weight excluding hydrogens is 432 g/mol. The topological polar surface area (TPSA) is 93.1 Å². The number of carbonyl (C=O) groups is 2. The van der Waals surface area contributed by atoms with Crippen LogP contribution in [0.15, 0.2) is 24.3 Å². The van der Waals surface area contributed by atoms with Gasteiger partial charge in [-0.05, 0) is 64.2 Å². The molecule has 1 aliphatic rings. The van der Waals surface area contributed by atoms with Gasteiger partial charge in [-0.2, -0.15) is 0 Å². The summed E-state index contributed by atoms with van der Waals surface area (Å²) >= 11 is 0. The van der Waals surface area contributed by atoms with Gasteiger partial charge in [0, 0.05) is 17.1 Å². The average Bonchev–Trinajstić information content (AvgIpc) is 2.81. The third-order valence-corrected chi connectivity index (χ3v) is 6.94. The fourth-order valence-corrected chi connectivity index (χ4v) is 4.49. The lowest BCUT2D eigenvalue weighted by atomic mass is 9.75. The van der Waals surface area contributed by atoms with Crippen molar-refractivity contribution in [1.82, 2.24) is 0 Å². The monoisotopic (exact) mass is 480 g/mol. The van der Waals surface area contributed by atoms with Gasteiger partial charge < -0.3 is 19.7 Å². The lowest BCUT2D eigenvalue weighted by Gasteiger charge is -2.33. The van der Waals surface area contributed by atoms with Gasteiger partial charge in [-0.3, -0.25) is 0 Å². The molecule has 2 atom stereocenters. The number of unbranched alkanes of at least 4 members (excludes halogenated alkanes) is 2. The normalized spacial score (nSPS) is 20.7. The number of aliphatic hydroxyl groups is 2. The molecule has 2 unspecified atom stereocenters. The highest BCUT2D eigenvalue weighted by atomic mass is 16.5. The molecule has 1 saturated carbocycles. The molecule has 6 nitrogen and oxygen atoms in total. The molecule has 1 fully saturated rings. The number of hydrogen-bond acceptors (Lipinski definition) is 6. The van der Waals surface area contributed by atoms with Crippen molar-refractivity contribution in [2.75, 3.05) is 13.2 Å². The van der Waals surface area contributed by atoms with Crippen molar-refractivity contribution >= 4 is 11.9 Å². The van der Waals surface area contributed by atoms with Crippen LogP contribution in [0.1, 0.15) is 97.8 Å². The lowest BCUT2D eigenvalue weighted by molar-refractivity contribution is -0.146. The van der Waals surface area contributed by atoms with Crippen molar-refractivity contribution < 1.29 is 29.3 Å². The number of carbonyl (C=O) groups excluding carboxylic acids is 2. The Labute approximate surface area is 206 Å².